The average molecular weight is 356 g/mol. The lowest BCUT2D eigenvalue weighted by atomic mass is 10.0. The molecule has 0 aromatic heterocycles. The van der Waals surface area contributed by atoms with Gasteiger partial charge in [0.2, 0.25) is 0 Å². The van der Waals surface area contributed by atoms with Gasteiger partial charge in [-0.3, -0.25) is 0 Å². The Hall–Kier alpha value is -1.10. The molecule has 0 spiro atoms. The third-order valence-electron chi connectivity index (χ3n) is 2.80. The van der Waals surface area contributed by atoms with E-state index in [0.29, 0.717) is 5.02 Å². The van der Waals surface area contributed by atoms with Crippen LogP contribution in [0.2, 0.25) is 15.1 Å². The van der Waals surface area contributed by atoms with Crippen LogP contribution < -0.4 is 4.74 Å². The summed E-state index contributed by atoms with van der Waals surface area (Å²) in [6, 6.07) is 6.46. The first kappa shape index (κ1) is 16.3. The summed E-state index contributed by atoms with van der Waals surface area (Å²) in [5.74, 6) is -0.337. The molecule has 0 saturated heterocycles. The summed E-state index contributed by atoms with van der Waals surface area (Å²) < 4.78 is 44.0. The number of benzene rings is 2. The highest BCUT2D eigenvalue weighted by Crippen LogP contribution is 2.46. The topological polar surface area (TPSA) is 9.23 Å². The quantitative estimate of drug-likeness (QED) is 0.610. The van der Waals surface area contributed by atoms with Gasteiger partial charge in [0, 0.05) is 16.1 Å². The van der Waals surface area contributed by atoms with Crippen LogP contribution in [0.5, 0.6) is 5.75 Å². The predicted octanol–water partition coefficient (Wildman–Crippen LogP) is 6.34. The molecule has 0 amide bonds. The van der Waals surface area contributed by atoms with Crippen molar-refractivity contribution in [3.05, 3.63) is 51.0 Å². The molecule has 2 aromatic rings. The second kappa shape index (κ2) is 5.95. The Morgan fingerprint density at radius 2 is 1.57 bits per heavy atom. The molecule has 112 valence electrons. The molecule has 0 radical (unpaired) electrons. The highest BCUT2D eigenvalue weighted by atomic mass is 35.5. The summed E-state index contributed by atoms with van der Waals surface area (Å²) in [6.45, 7) is 0. The Morgan fingerprint density at radius 3 is 2.05 bits per heavy atom. The number of alkyl halides is 3. The average Bonchev–Trinajstić information content (AvgIpc) is 2.36. The Kier molecular flexibility index (Phi) is 4.61. The SMILES string of the molecule is COc1c(-c2c(Cl)cc(Cl)cc2Cl)cccc1C(F)(F)F. The zero-order chi connectivity index (χ0) is 15.8. The molecule has 0 bridgehead atoms. The van der Waals surface area contributed by atoms with Crippen molar-refractivity contribution in [2.24, 2.45) is 0 Å². The van der Waals surface area contributed by atoms with Gasteiger partial charge in [-0.2, -0.15) is 13.2 Å². The molecule has 0 N–H and O–H groups in total. The van der Waals surface area contributed by atoms with Crippen LogP contribution in [0.3, 0.4) is 0 Å². The monoisotopic (exact) mass is 354 g/mol. The lowest BCUT2D eigenvalue weighted by Gasteiger charge is -2.17. The highest BCUT2D eigenvalue weighted by molar-refractivity contribution is 6.42. The summed E-state index contributed by atoms with van der Waals surface area (Å²) in [5, 5.41) is 0.579. The molecule has 0 aliphatic rings. The van der Waals surface area contributed by atoms with Gasteiger partial charge in [0.1, 0.15) is 5.75 Å². The number of rotatable bonds is 2. The van der Waals surface area contributed by atoms with Crippen LogP contribution in [0.1, 0.15) is 5.56 Å². The van der Waals surface area contributed by atoms with E-state index in [9.17, 15) is 13.2 Å². The number of methoxy groups -OCH3 is 1. The number of halogens is 6. The summed E-state index contributed by atoms with van der Waals surface area (Å²) in [7, 11) is 1.16. The summed E-state index contributed by atoms with van der Waals surface area (Å²) in [6.07, 6.45) is -4.55. The van der Waals surface area contributed by atoms with E-state index < -0.39 is 11.7 Å². The van der Waals surface area contributed by atoms with Crippen LogP contribution in [0.15, 0.2) is 30.3 Å². The molecule has 0 unspecified atom stereocenters. The molecule has 21 heavy (non-hydrogen) atoms. The molecule has 0 atom stereocenters. The van der Waals surface area contributed by atoms with E-state index in [4.69, 9.17) is 39.5 Å². The van der Waals surface area contributed by atoms with Crippen molar-refractivity contribution < 1.29 is 17.9 Å². The lowest BCUT2D eigenvalue weighted by molar-refractivity contribution is -0.138. The fourth-order valence-corrected chi connectivity index (χ4v) is 3.00. The van der Waals surface area contributed by atoms with Crippen molar-refractivity contribution in [2.45, 2.75) is 6.18 Å². The summed E-state index contributed by atoms with van der Waals surface area (Å²) >= 11 is 17.9. The fraction of sp³-hybridized carbons (Fsp3) is 0.143. The maximum Gasteiger partial charge on any atom is 0.419 e. The van der Waals surface area contributed by atoms with Gasteiger partial charge in [0.25, 0.3) is 0 Å². The van der Waals surface area contributed by atoms with Gasteiger partial charge in [0.15, 0.2) is 0 Å². The minimum absolute atomic E-state index is 0.144. The van der Waals surface area contributed by atoms with Gasteiger partial charge in [-0.15, -0.1) is 0 Å². The van der Waals surface area contributed by atoms with E-state index in [1.54, 1.807) is 0 Å². The second-order valence-corrected chi connectivity index (χ2v) is 5.38. The lowest BCUT2D eigenvalue weighted by Crippen LogP contribution is -2.08. The molecular formula is C14H8Cl3F3O. The summed E-state index contributed by atoms with van der Waals surface area (Å²) in [5.41, 5.74) is -0.505. The normalized spacial score (nSPS) is 11.6. The fourth-order valence-electron chi connectivity index (χ4n) is 1.98. The Morgan fingerprint density at radius 1 is 1.00 bits per heavy atom. The van der Waals surface area contributed by atoms with Crippen molar-refractivity contribution in [1.29, 1.82) is 0 Å². The molecule has 2 aromatic carbocycles. The number of para-hydroxylation sites is 1. The molecule has 0 aliphatic carbocycles. The maximum absolute atomic E-state index is 13.0. The Labute approximate surface area is 134 Å². The minimum atomic E-state index is -4.55. The molecule has 0 fully saturated rings. The van der Waals surface area contributed by atoms with Gasteiger partial charge in [-0.25, -0.2) is 0 Å². The van der Waals surface area contributed by atoms with Crippen molar-refractivity contribution in [3.8, 4) is 16.9 Å². The smallest absolute Gasteiger partial charge is 0.419 e. The van der Waals surface area contributed by atoms with E-state index in [-0.39, 0.29) is 26.9 Å². The molecule has 7 heteroatoms. The number of ether oxygens (including phenoxy) is 1. The first-order valence-corrected chi connectivity index (χ1v) is 6.78. The van der Waals surface area contributed by atoms with E-state index in [1.165, 1.54) is 24.3 Å². The third-order valence-corrected chi connectivity index (χ3v) is 3.62. The van der Waals surface area contributed by atoms with Crippen LogP contribution in [-0.4, -0.2) is 7.11 Å². The van der Waals surface area contributed by atoms with Crippen LogP contribution >= 0.6 is 34.8 Å². The predicted molar refractivity (Wildman–Crippen MR) is 78.5 cm³/mol. The zero-order valence-corrected chi connectivity index (χ0v) is 12.8. The van der Waals surface area contributed by atoms with Crippen molar-refractivity contribution in [1.82, 2.24) is 0 Å². The van der Waals surface area contributed by atoms with E-state index >= 15 is 0 Å². The van der Waals surface area contributed by atoms with Crippen molar-refractivity contribution in [3.63, 3.8) is 0 Å². The largest absolute Gasteiger partial charge is 0.495 e. The van der Waals surface area contributed by atoms with Crippen LogP contribution in [0.25, 0.3) is 11.1 Å². The molecule has 0 aliphatic heterocycles. The van der Waals surface area contributed by atoms with Gasteiger partial charge < -0.3 is 4.74 Å². The molecule has 0 heterocycles. The Bertz CT molecular complexity index is 661. The summed E-state index contributed by atoms with van der Waals surface area (Å²) in [4.78, 5) is 0. The van der Waals surface area contributed by atoms with Gasteiger partial charge in [-0.1, -0.05) is 46.9 Å². The molecular weight excluding hydrogens is 348 g/mol. The van der Waals surface area contributed by atoms with E-state index in [2.05, 4.69) is 0 Å². The number of hydrogen-bond acceptors (Lipinski definition) is 1. The van der Waals surface area contributed by atoms with Crippen LogP contribution in [-0.2, 0) is 6.18 Å². The van der Waals surface area contributed by atoms with Crippen LogP contribution in [0.4, 0.5) is 13.2 Å². The maximum atomic E-state index is 13.0. The van der Waals surface area contributed by atoms with Gasteiger partial charge >= 0.3 is 6.18 Å². The highest BCUT2D eigenvalue weighted by Gasteiger charge is 2.35. The van der Waals surface area contributed by atoms with E-state index in [1.807, 2.05) is 0 Å². The Balaban J connectivity index is 2.77. The molecule has 1 nitrogen and oxygen atoms in total. The van der Waals surface area contributed by atoms with Crippen molar-refractivity contribution in [2.75, 3.05) is 7.11 Å². The van der Waals surface area contributed by atoms with E-state index in [0.717, 1.165) is 13.2 Å². The minimum Gasteiger partial charge on any atom is -0.495 e. The van der Waals surface area contributed by atoms with Crippen molar-refractivity contribution >= 4 is 34.8 Å². The molecule has 2 rings (SSSR count). The standard InChI is InChI=1S/C14H8Cl3F3O/c1-21-13-8(3-2-4-9(13)14(18,19)20)12-10(16)5-7(15)6-11(12)17/h2-6H,1H3. The molecule has 0 saturated carbocycles. The number of hydrogen-bond donors (Lipinski definition) is 0. The third kappa shape index (κ3) is 3.23. The van der Waals surface area contributed by atoms with Crippen LogP contribution in [0, 0.1) is 0 Å². The second-order valence-electron chi connectivity index (χ2n) is 4.13. The van der Waals surface area contributed by atoms with Gasteiger partial charge in [-0.05, 0) is 18.2 Å². The zero-order valence-electron chi connectivity index (χ0n) is 10.6. The first-order chi connectivity index (χ1) is 9.75. The van der Waals surface area contributed by atoms with Gasteiger partial charge in [0.05, 0.1) is 22.7 Å². The first-order valence-electron chi connectivity index (χ1n) is 5.64.